The van der Waals surface area contributed by atoms with Gasteiger partial charge in [-0.05, 0) is 45.0 Å². The van der Waals surface area contributed by atoms with Crippen LogP contribution in [0.3, 0.4) is 0 Å². The third kappa shape index (κ3) is 8.28. The lowest BCUT2D eigenvalue weighted by atomic mass is 10.1. The maximum absolute atomic E-state index is 13.7. The Balaban J connectivity index is 1.29. The molecule has 3 amide bonds. The van der Waals surface area contributed by atoms with Gasteiger partial charge in [-0.25, -0.2) is 13.6 Å². The van der Waals surface area contributed by atoms with Crippen molar-refractivity contribution in [2.24, 2.45) is 0 Å². The van der Waals surface area contributed by atoms with E-state index in [0.29, 0.717) is 36.3 Å². The number of likely N-dealkylation sites (tertiary alicyclic amines) is 1. The van der Waals surface area contributed by atoms with Gasteiger partial charge in [0.25, 0.3) is 11.8 Å². The maximum atomic E-state index is 13.7. The predicted molar refractivity (Wildman–Crippen MR) is 153 cm³/mol. The van der Waals surface area contributed by atoms with Crippen LogP contribution in [0.4, 0.5) is 13.6 Å². The van der Waals surface area contributed by atoms with Crippen LogP contribution in [0, 0.1) is 11.3 Å². The Morgan fingerprint density at radius 1 is 1.21 bits per heavy atom. The van der Waals surface area contributed by atoms with Crippen LogP contribution in [-0.4, -0.2) is 114 Å². The van der Waals surface area contributed by atoms with Crippen LogP contribution < -0.4 is 10.1 Å². The molecule has 13 heteroatoms. The lowest BCUT2D eigenvalue weighted by Gasteiger charge is -2.42. The zero-order chi connectivity index (χ0) is 31.4. The Labute approximate surface area is 249 Å². The van der Waals surface area contributed by atoms with Crippen LogP contribution in [0.5, 0.6) is 5.75 Å². The first kappa shape index (κ1) is 31.9. The number of ether oxygens (including phenoxy) is 2. The first-order valence-electron chi connectivity index (χ1n) is 14.4. The number of pyridine rings is 1. The van der Waals surface area contributed by atoms with Crippen molar-refractivity contribution < 1.29 is 37.1 Å². The van der Waals surface area contributed by atoms with Gasteiger partial charge in [0, 0.05) is 24.4 Å². The van der Waals surface area contributed by atoms with E-state index < -0.39 is 48.9 Å². The molecule has 0 spiro atoms. The molecule has 3 heterocycles. The average molecular weight is 602 g/mol. The second-order valence-electron chi connectivity index (χ2n) is 12.4. The van der Waals surface area contributed by atoms with Gasteiger partial charge in [-0.15, -0.1) is 0 Å². The van der Waals surface area contributed by atoms with Gasteiger partial charge < -0.3 is 24.2 Å². The Bertz CT molecular complexity index is 1400. The van der Waals surface area contributed by atoms with E-state index in [4.69, 9.17) is 14.7 Å². The van der Waals surface area contributed by atoms with Gasteiger partial charge >= 0.3 is 6.09 Å². The van der Waals surface area contributed by atoms with E-state index in [1.54, 1.807) is 29.2 Å². The molecular weight excluding hydrogens is 562 g/mol. The van der Waals surface area contributed by atoms with Crippen molar-refractivity contribution in [3.63, 3.8) is 0 Å². The highest BCUT2D eigenvalue weighted by Gasteiger charge is 2.47. The first-order chi connectivity index (χ1) is 20.2. The molecular formula is C30H39F2N6O5+. The molecule has 4 rings (SSSR count). The molecule has 0 radical (unpaired) electrons. The molecule has 2 aromatic rings. The number of piperazine rings is 1. The number of nitrogens with zero attached hydrogens (tertiary/aromatic N) is 5. The van der Waals surface area contributed by atoms with Gasteiger partial charge in [-0.1, -0.05) is 0 Å². The molecule has 2 fully saturated rings. The number of nitriles is 1. The zero-order valence-electron chi connectivity index (χ0n) is 25.1. The molecule has 11 nitrogen and oxygen atoms in total. The highest BCUT2D eigenvalue weighted by Crippen LogP contribution is 2.31. The van der Waals surface area contributed by atoms with Crippen LogP contribution in [0.15, 0.2) is 30.5 Å². The summed E-state index contributed by atoms with van der Waals surface area (Å²) in [5.41, 5.74) is 0.287. The number of hydrogen-bond donors (Lipinski definition) is 1. The monoisotopic (exact) mass is 601 g/mol. The number of fused-ring (bicyclic) bond motifs is 1. The molecule has 43 heavy (non-hydrogen) atoms. The average Bonchev–Trinajstić information content (AvgIpc) is 3.27. The summed E-state index contributed by atoms with van der Waals surface area (Å²) < 4.78 is 39.7. The van der Waals surface area contributed by atoms with Gasteiger partial charge in [0.15, 0.2) is 0 Å². The van der Waals surface area contributed by atoms with Crippen LogP contribution in [0.25, 0.3) is 10.9 Å². The number of benzene rings is 1. The standard InChI is InChI=1S/C30H38F2N6O5/c1-29(2,3)43-28(41)36-10-13-38(4,14-11-36)12-5-15-42-22-6-7-25-24(16-22)23(8-9-34-25)27(40)35-19-26(39)37-20-30(31,32)17-21(37)18-33/h6-9,16,21H,5,10-15,17,19-20H2,1-4H3/p+1. The van der Waals surface area contributed by atoms with Gasteiger partial charge in [0.1, 0.15) is 17.4 Å². The Hall–Kier alpha value is -4.05. The number of carbonyl (C=O) groups excluding carboxylic acids is 3. The second-order valence-corrected chi connectivity index (χ2v) is 12.4. The lowest BCUT2D eigenvalue weighted by Crippen LogP contribution is -2.59. The largest absolute Gasteiger partial charge is 0.493 e. The summed E-state index contributed by atoms with van der Waals surface area (Å²) in [5, 5.41) is 12.1. The van der Waals surface area contributed by atoms with Gasteiger partial charge in [-0.2, -0.15) is 5.26 Å². The summed E-state index contributed by atoms with van der Waals surface area (Å²) >= 11 is 0. The van der Waals surface area contributed by atoms with Crippen LogP contribution in [-0.2, 0) is 9.53 Å². The van der Waals surface area contributed by atoms with E-state index in [1.165, 1.54) is 12.3 Å². The Kier molecular flexibility index (Phi) is 9.39. The van der Waals surface area contributed by atoms with Gasteiger partial charge in [0.2, 0.25) is 5.91 Å². The third-order valence-electron chi connectivity index (χ3n) is 7.68. The molecule has 2 aliphatic rings. The molecule has 1 unspecified atom stereocenters. The summed E-state index contributed by atoms with van der Waals surface area (Å²) in [6.45, 7) is 8.42. The fourth-order valence-corrected chi connectivity index (χ4v) is 5.28. The summed E-state index contributed by atoms with van der Waals surface area (Å²) in [7, 11) is 2.17. The van der Waals surface area contributed by atoms with Crippen molar-refractivity contribution in [1.29, 1.82) is 5.26 Å². The van der Waals surface area contributed by atoms with Gasteiger partial charge in [0.05, 0.1) is 76.6 Å². The number of alkyl halides is 2. The molecule has 1 aromatic heterocycles. The summed E-state index contributed by atoms with van der Waals surface area (Å²) in [6, 6.07) is 7.22. The van der Waals surface area contributed by atoms with Crippen LogP contribution >= 0.6 is 0 Å². The number of amides is 3. The Morgan fingerprint density at radius 3 is 2.60 bits per heavy atom. The van der Waals surface area contributed by atoms with Crippen molar-refractivity contribution in [3.05, 3.63) is 36.0 Å². The zero-order valence-corrected chi connectivity index (χ0v) is 25.1. The number of carbonyl (C=O) groups is 3. The van der Waals surface area contributed by atoms with Crippen LogP contribution in [0.2, 0.25) is 0 Å². The number of halogens is 2. The second kappa shape index (κ2) is 12.7. The van der Waals surface area contributed by atoms with Crippen molar-refractivity contribution in [2.75, 3.05) is 59.5 Å². The molecule has 0 bridgehead atoms. The normalized spacial score (nSPS) is 19.5. The number of hydrogen-bond acceptors (Lipinski definition) is 7. The minimum atomic E-state index is -3.13. The van der Waals surface area contributed by atoms with Gasteiger partial charge in [-0.3, -0.25) is 19.5 Å². The molecule has 0 aliphatic carbocycles. The first-order valence-corrected chi connectivity index (χ1v) is 14.4. The van der Waals surface area contributed by atoms with Crippen molar-refractivity contribution >= 4 is 28.8 Å². The number of aromatic nitrogens is 1. The summed E-state index contributed by atoms with van der Waals surface area (Å²) in [4.78, 5) is 44.7. The Morgan fingerprint density at radius 2 is 1.93 bits per heavy atom. The number of likely N-dealkylation sites (N-methyl/N-ethyl adjacent to an activating group) is 1. The third-order valence-corrected chi connectivity index (χ3v) is 7.68. The molecule has 232 valence electrons. The van der Waals surface area contributed by atoms with E-state index in [0.717, 1.165) is 35.4 Å². The fraction of sp³-hybridized carbons (Fsp3) is 0.567. The number of rotatable bonds is 8. The topological polar surface area (TPSA) is 125 Å². The van der Waals surface area contributed by atoms with E-state index >= 15 is 0 Å². The SMILES string of the molecule is CC(C)(C)OC(=O)N1CC[N+](C)(CCCOc2ccc3nccc(C(=O)NCC(=O)N4CC(F)(F)CC4C#N)c3c2)CC1. The minimum Gasteiger partial charge on any atom is -0.493 e. The van der Waals surface area contributed by atoms with Crippen molar-refractivity contribution in [3.8, 4) is 11.8 Å². The molecule has 1 atom stereocenters. The highest BCUT2D eigenvalue weighted by atomic mass is 19.3. The molecule has 2 saturated heterocycles. The molecule has 1 aromatic carbocycles. The summed E-state index contributed by atoms with van der Waals surface area (Å²) in [5.74, 6) is -3.89. The van der Waals surface area contributed by atoms with E-state index in [9.17, 15) is 23.2 Å². The molecule has 2 aliphatic heterocycles. The molecule has 0 saturated carbocycles. The van der Waals surface area contributed by atoms with E-state index in [-0.39, 0.29) is 11.7 Å². The van der Waals surface area contributed by atoms with Crippen molar-refractivity contribution in [1.82, 2.24) is 20.1 Å². The maximum Gasteiger partial charge on any atom is 0.410 e. The fourth-order valence-electron chi connectivity index (χ4n) is 5.28. The molecule has 1 N–H and O–H groups in total. The highest BCUT2D eigenvalue weighted by molar-refractivity contribution is 6.07. The number of nitrogens with one attached hydrogen (secondary N) is 1. The predicted octanol–water partition coefficient (Wildman–Crippen LogP) is 3.19. The minimum absolute atomic E-state index is 0.257. The van der Waals surface area contributed by atoms with Crippen molar-refractivity contribution in [2.45, 2.75) is 51.2 Å². The summed E-state index contributed by atoms with van der Waals surface area (Å²) in [6.07, 6.45) is 1.25. The van der Waals surface area contributed by atoms with Crippen LogP contribution in [0.1, 0.15) is 44.0 Å². The smallest absolute Gasteiger partial charge is 0.410 e. The lowest BCUT2D eigenvalue weighted by molar-refractivity contribution is -0.913. The van der Waals surface area contributed by atoms with E-state index in [2.05, 4.69) is 17.3 Å². The number of quaternary nitrogens is 1. The quantitative estimate of drug-likeness (QED) is 0.364. The van der Waals surface area contributed by atoms with E-state index in [1.807, 2.05) is 20.8 Å².